The van der Waals surface area contributed by atoms with Crippen molar-refractivity contribution in [1.29, 1.82) is 0 Å². The molecule has 2 atom stereocenters. The molecule has 1 aromatic heterocycles. The van der Waals surface area contributed by atoms with E-state index in [0.717, 1.165) is 12.0 Å². The van der Waals surface area contributed by atoms with Crippen molar-refractivity contribution in [2.75, 3.05) is 0 Å². The van der Waals surface area contributed by atoms with Crippen LogP contribution in [0.4, 0.5) is 0 Å². The first-order valence-electron chi connectivity index (χ1n) is 6.53. The second-order valence-corrected chi connectivity index (χ2v) is 5.64. The number of hydrogen-bond acceptors (Lipinski definition) is 3. The fraction of sp³-hybridized carbons (Fsp3) is 0.312. The van der Waals surface area contributed by atoms with Gasteiger partial charge < -0.3 is 5.32 Å². The van der Waals surface area contributed by atoms with Gasteiger partial charge in [0.15, 0.2) is 5.78 Å². The van der Waals surface area contributed by atoms with Crippen LogP contribution in [-0.2, 0) is 6.42 Å². The zero-order valence-corrected chi connectivity index (χ0v) is 12.1. The summed E-state index contributed by atoms with van der Waals surface area (Å²) in [6, 6.07) is 12.3. The summed E-state index contributed by atoms with van der Waals surface area (Å²) >= 11 is 1.56. The summed E-state index contributed by atoms with van der Waals surface area (Å²) in [5, 5.41) is 7.21. The molecule has 0 aliphatic heterocycles. The van der Waals surface area contributed by atoms with Gasteiger partial charge in [-0.2, -0.15) is 11.3 Å². The van der Waals surface area contributed by atoms with E-state index >= 15 is 0 Å². The van der Waals surface area contributed by atoms with Gasteiger partial charge in [0, 0.05) is 17.0 Å². The van der Waals surface area contributed by atoms with E-state index in [2.05, 4.69) is 24.4 Å². The monoisotopic (exact) mass is 273 g/mol. The van der Waals surface area contributed by atoms with Gasteiger partial charge in [-0.25, -0.2) is 0 Å². The number of nitrogens with one attached hydrogen (secondary N) is 1. The minimum atomic E-state index is -0.145. The van der Waals surface area contributed by atoms with Crippen molar-refractivity contribution in [3.05, 3.63) is 58.3 Å². The lowest BCUT2D eigenvalue weighted by Gasteiger charge is -2.19. The molecular formula is C16H19NOS. The second-order valence-electron chi connectivity index (χ2n) is 4.86. The highest BCUT2D eigenvalue weighted by Crippen LogP contribution is 2.10. The van der Waals surface area contributed by atoms with Crippen molar-refractivity contribution in [3.63, 3.8) is 0 Å². The van der Waals surface area contributed by atoms with E-state index in [1.54, 1.807) is 11.3 Å². The van der Waals surface area contributed by atoms with Crippen LogP contribution in [0.3, 0.4) is 0 Å². The molecule has 1 aromatic carbocycles. The molecule has 0 saturated carbocycles. The van der Waals surface area contributed by atoms with Gasteiger partial charge >= 0.3 is 0 Å². The summed E-state index contributed by atoms with van der Waals surface area (Å²) in [5.74, 6) is 0.168. The molecule has 0 saturated heterocycles. The lowest BCUT2D eigenvalue weighted by atomic mass is 10.0. The third kappa shape index (κ3) is 4.01. The molecule has 2 unspecified atom stereocenters. The van der Waals surface area contributed by atoms with Gasteiger partial charge in [0.25, 0.3) is 0 Å². The molecule has 0 aliphatic rings. The molecule has 2 aromatic rings. The molecule has 2 rings (SSSR count). The van der Waals surface area contributed by atoms with Gasteiger partial charge in [-0.3, -0.25) is 4.79 Å². The van der Waals surface area contributed by atoms with E-state index in [1.165, 1.54) is 5.56 Å². The van der Waals surface area contributed by atoms with Crippen molar-refractivity contribution in [2.24, 2.45) is 0 Å². The topological polar surface area (TPSA) is 29.1 Å². The molecule has 0 radical (unpaired) electrons. The zero-order chi connectivity index (χ0) is 13.7. The first kappa shape index (κ1) is 14.0. The van der Waals surface area contributed by atoms with Crippen molar-refractivity contribution in [3.8, 4) is 0 Å². The molecule has 0 amide bonds. The standard InChI is InChI=1S/C16H19NOS/c1-12(10-14-6-4-3-5-7-14)17-13(2)16(18)15-8-9-19-11-15/h3-9,11-13,17H,10H2,1-2H3. The van der Waals surface area contributed by atoms with Crippen molar-refractivity contribution in [2.45, 2.75) is 32.4 Å². The van der Waals surface area contributed by atoms with Crippen molar-refractivity contribution >= 4 is 17.1 Å². The SMILES string of the molecule is CC(Cc1ccccc1)NC(C)C(=O)c1ccsc1. The predicted octanol–water partition coefficient (Wildman–Crippen LogP) is 3.54. The molecule has 19 heavy (non-hydrogen) atoms. The lowest BCUT2D eigenvalue weighted by molar-refractivity contribution is 0.0946. The third-order valence-electron chi connectivity index (χ3n) is 3.12. The smallest absolute Gasteiger partial charge is 0.180 e. The molecule has 2 nitrogen and oxygen atoms in total. The summed E-state index contributed by atoms with van der Waals surface area (Å²) in [6.07, 6.45) is 0.933. The van der Waals surface area contributed by atoms with Crippen LogP contribution in [0.5, 0.6) is 0 Å². The minimum absolute atomic E-state index is 0.145. The number of benzene rings is 1. The number of hydrogen-bond donors (Lipinski definition) is 1. The fourth-order valence-corrected chi connectivity index (χ4v) is 2.83. The summed E-state index contributed by atoms with van der Waals surface area (Å²) in [7, 11) is 0. The lowest BCUT2D eigenvalue weighted by Crippen LogP contribution is -2.40. The van der Waals surface area contributed by atoms with Crippen molar-refractivity contribution in [1.82, 2.24) is 5.32 Å². The number of ketones is 1. The quantitative estimate of drug-likeness (QED) is 0.816. The molecular weight excluding hydrogens is 254 g/mol. The molecule has 0 bridgehead atoms. The summed E-state index contributed by atoms with van der Waals surface area (Å²) in [4.78, 5) is 12.1. The molecule has 0 fully saturated rings. The van der Waals surface area contributed by atoms with Crippen LogP contribution in [0, 0.1) is 0 Å². The Morgan fingerprint density at radius 1 is 1.21 bits per heavy atom. The zero-order valence-electron chi connectivity index (χ0n) is 11.3. The Labute approximate surface area is 118 Å². The Kier molecular flexibility index (Phi) is 4.88. The average Bonchev–Trinajstić information content (AvgIpc) is 2.92. The maximum absolute atomic E-state index is 12.1. The molecule has 1 heterocycles. The van der Waals surface area contributed by atoms with Crippen LogP contribution < -0.4 is 5.32 Å². The number of thiophene rings is 1. The second kappa shape index (κ2) is 6.64. The highest BCUT2D eigenvalue weighted by Gasteiger charge is 2.17. The van der Waals surface area contributed by atoms with Crippen LogP contribution in [0.25, 0.3) is 0 Å². The number of Topliss-reactive ketones (excluding diaryl/α,β-unsaturated/α-hetero) is 1. The highest BCUT2D eigenvalue weighted by atomic mass is 32.1. The van der Waals surface area contributed by atoms with Gasteiger partial charge in [-0.05, 0) is 37.3 Å². The Bertz CT molecular complexity index is 507. The van der Waals surface area contributed by atoms with E-state index in [9.17, 15) is 4.79 Å². The normalized spacial score (nSPS) is 14.0. The first-order valence-corrected chi connectivity index (χ1v) is 7.47. The van der Waals surface area contributed by atoms with E-state index in [1.807, 2.05) is 41.9 Å². The Balaban J connectivity index is 1.88. The largest absolute Gasteiger partial charge is 0.305 e. The van der Waals surface area contributed by atoms with Crippen LogP contribution in [0.15, 0.2) is 47.2 Å². The van der Waals surface area contributed by atoms with E-state index in [4.69, 9.17) is 0 Å². The first-order chi connectivity index (χ1) is 9.16. The Morgan fingerprint density at radius 2 is 1.95 bits per heavy atom. The maximum Gasteiger partial charge on any atom is 0.180 e. The number of rotatable bonds is 6. The molecule has 0 aliphatic carbocycles. The van der Waals surface area contributed by atoms with Crippen LogP contribution in [-0.4, -0.2) is 17.9 Å². The van der Waals surface area contributed by atoms with Crippen molar-refractivity contribution < 1.29 is 4.79 Å². The fourth-order valence-electron chi connectivity index (χ4n) is 2.18. The van der Waals surface area contributed by atoms with Crippen LogP contribution in [0.2, 0.25) is 0 Å². The van der Waals surface area contributed by atoms with Gasteiger partial charge in [-0.1, -0.05) is 30.3 Å². The Morgan fingerprint density at radius 3 is 2.58 bits per heavy atom. The number of carbonyl (C=O) groups excluding carboxylic acids is 1. The van der Waals surface area contributed by atoms with E-state index < -0.39 is 0 Å². The van der Waals surface area contributed by atoms with E-state index in [-0.39, 0.29) is 17.9 Å². The molecule has 100 valence electrons. The number of carbonyl (C=O) groups is 1. The van der Waals surface area contributed by atoms with Crippen LogP contribution >= 0.6 is 11.3 Å². The molecule has 0 spiro atoms. The van der Waals surface area contributed by atoms with E-state index in [0.29, 0.717) is 0 Å². The van der Waals surface area contributed by atoms with Gasteiger partial charge in [0.05, 0.1) is 6.04 Å². The van der Waals surface area contributed by atoms with Crippen LogP contribution in [0.1, 0.15) is 29.8 Å². The summed E-state index contributed by atoms with van der Waals surface area (Å²) < 4.78 is 0. The van der Waals surface area contributed by atoms with Gasteiger partial charge in [0.1, 0.15) is 0 Å². The van der Waals surface area contributed by atoms with Gasteiger partial charge in [0.2, 0.25) is 0 Å². The highest BCUT2D eigenvalue weighted by molar-refractivity contribution is 7.08. The minimum Gasteiger partial charge on any atom is -0.305 e. The Hall–Kier alpha value is -1.45. The molecule has 1 N–H and O–H groups in total. The predicted molar refractivity (Wildman–Crippen MR) is 80.9 cm³/mol. The third-order valence-corrected chi connectivity index (χ3v) is 3.80. The van der Waals surface area contributed by atoms with Gasteiger partial charge in [-0.15, -0.1) is 0 Å². The average molecular weight is 273 g/mol. The molecule has 3 heteroatoms. The summed E-state index contributed by atoms with van der Waals surface area (Å²) in [5.41, 5.74) is 2.09. The maximum atomic E-state index is 12.1. The summed E-state index contributed by atoms with van der Waals surface area (Å²) in [6.45, 7) is 4.05.